The number of carbonyl (C=O) groups is 1. The summed E-state index contributed by atoms with van der Waals surface area (Å²) < 4.78 is 1.38. The van der Waals surface area contributed by atoms with E-state index < -0.39 is 5.97 Å². The first-order chi connectivity index (χ1) is 12.5. The lowest BCUT2D eigenvalue weighted by Gasteiger charge is -2.08. The van der Waals surface area contributed by atoms with Crippen molar-refractivity contribution in [1.29, 1.82) is 0 Å². The topological polar surface area (TPSA) is 114 Å². The van der Waals surface area contributed by atoms with Gasteiger partial charge in [-0.3, -0.25) is 9.59 Å². The molecule has 4 N–H and O–H groups in total. The largest absolute Gasteiger partial charge is 0.481 e. The number of nitrogen functional groups attached to an aromatic ring is 1. The molecule has 0 bridgehead atoms. The van der Waals surface area contributed by atoms with Crippen LogP contribution in [0.5, 0.6) is 0 Å². The van der Waals surface area contributed by atoms with E-state index in [-0.39, 0.29) is 23.2 Å². The Balaban J connectivity index is 2.03. The Morgan fingerprint density at radius 2 is 2.04 bits per heavy atom. The van der Waals surface area contributed by atoms with Crippen LogP contribution in [0.15, 0.2) is 47.3 Å². The van der Waals surface area contributed by atoms with Crippen LogP contribution >= 0.6 is 11.6 Å². The van der Waals surface area contributed by atoms with Crippen LogP contribution in [-0.2, 0) is 11.2 Å². The minimum absolute atomic E-state index is 0.140. The predicted octanol–water partition coefficient (Wildman–Crippen LogP) is 2.73. The van der Waals surface area contributed by atoms with Gasteiger partial charge in [0.2, 0.25) is 0 Å². The second-order valence-corrected chi connectivity index (χ2v) is 6.28. The van der Waals surface area contributed by atoms with E-state index in [9.17, 15) is 9.59 Å². The molecule has 2 heterocycles. The molecule has 26 heavy (non-hydrogen) atoms. The summed E-state index contributed by atoms with van der Waals surface area (Å²) in [7, 11) is 0. The number of fused-ring (bicyclic) bond motifs is 3. The van der Waals surface area contributed by atoms with Crippen molar-refractivity contribution < 1.29 is 9.90 Å². The molecule has 4 aromatic rings. The fourth-order valence-corrected chi connectivity index (χ4v) is 3.21. The zero-order chi connectivity index (χ0) is 18.4. The number of aromatic amines is 1. The Hall–Kier alpha value is -3.32. The number of aromatic nitrogens is 3. The number of aliphatic carboxylic acids is 1. The number of nitrogens with one attached hydrogen (secondary N) is 1. The lowest BCUT2D eigenvalue weighted by atomic mass is 10.1. The summed E-state index contributed by atoms with van der Waals surface area (Å²) in [4.78, 5) is 26.2. The molecule has 4 rings (SSSR count). The van der Waals surface area contributed by atoms with E-state index in [0.717, 1.165) is 5.39 Å². The molecule has 0 radical (unpaired) electrons. The summed E-state index contributed by atoms with van der Waals surface area (Å²) >= 11 is 6.28. The number of pyridine rings is 1. The molecular formula is C18H13ClN4O3. The summed E-state index contributed by atoms with van der Waals surface area (Å²) in [6.07, 6.45) is -0.158. The van der Waals surface area contributed by atoms with E-state index in [2.05, 4.69) is 10.1 Å². The van der Waals surface area contributed by atoms with Gasteiger partial charge in [-0.05, 0) is 23.8 Å². The highest BCUT2D eigenvalue weighted by Gasteiger charge is 2.18. The Kier molecular flexibility index (Phi) is 3.66. The number of anilines is 1. The third-order valence-electron chi connectivity index (χ3n) is 4.17. The van der Waals surface area contributed by atoms with Crippen LogP contribution < -0.4 is 11.3 Å². The third kappa shape index (κ3) is 2.49. The number of carboxylic acid groups (broad SMARTS) is 1. The van der Waals surface area contributed by atoms with Crippen molar-refractivity contribution >= 4 is 45.2 Å². The van der Waals surface area contributed by atoms with Crippen LogP contribution in [0.2, 0.25) is 5.02 Å². The van der Waals surface area contributed by atoms with Crippen LogP contribution in [0, 0.1) is 0 Å². The van der Waals surface area contributed by atoms with Crippen molar-refractivity contribution in [2.45, 2.75) is 6.42 Å². The molecule has 0 fully saturated rings. The van der Waals surface area contributed by atoms with Crippen molar-refractivity contribution in [2.24, 2.45) is 0 Å². The van der Waals surface area contributed by atoms with Gasteiger partial charge in [0.25, 0.3) is 5.56 Å². The highest BCUT2D eigenvalue weighted by Crippen LogP contribution is 2.30. The number of H-pyrrole nitrogens is 1. The molecule has 130 valence electrons. The number of halogens is 1. The average molecular weight is 369 g/mol. The monoisotopic (exact) mass is 368 g/mol. The SMILES string of the molecule is Nc1c2c(=O)[nH]c3ccccc3c2nn1-c1cc(CC(=O)O)ccc1Cl. The molecule has 8 heteroatoms. The molecule has 7 nitrogen and oxygen atoms in total. The fourth-order valence-electron chi connectivity index (χ4n) is 3.02. The van der Waals surface area contributed by atoms with Gasteiger partial charge in [-0.15, -0.1) is 0 Å². The zero-order valence-corrected chi connectivity index (χ0v) is 14.1. The Labute approximate surface area is 151 Å². The van der Waals surface area contributed by atoms with Crippen molar-refractivity contribution in [1.82, 2.24) is 14.8 Å². The minimum atomic E-state index is -0.959. The van der Waals surface area contributed by atoms with Crippen LogP contribution in [0.1, 0.15) is 5.56 Å². The molecule has 0 atom stereocenters. The molecule has 0 aliphatic carbocycles. The summed E-state index contributed by atoms with van der Waals surface area (Å²) in [5.41, 5.74) is 7.92. The summed E-state index contributed by atoms with van der Waals surface area (Å²) in [6, 6.07) is 12.1. The quantitative estimate of drug-likeness (QED) is 0.514. The van der Waals surface area contributed by atoms with Gasteiger partial charge in [0.05, 0.1) is 22.6 Å². The van der Waals surface area contributed by atoms with E-state index in [1.165, 1.54) is 4.68 Å². The number of hydrogen-bond acceptors (Lipinski definition) is 4. The normalized spacial score (nSPS) is 11.3. The van der Waals surface area contributed by atoms with Gasteiger partial charge in [0, 0.05) is 5.39 Å². The van der Waals surface area contributed by atoms with Crippen molar-refractivity contribution in [2.75, 3.05) is 5.73 Å². The molecule has 2 aromatic heterocycles. The van der Waals surface area contributed by atoms with Gasteiger partial charge in [-0.2, -0.15) is 5.10 Å². The van der Waals surface area contributed by atoms with Crippen LogP contribution in [-0.4, -0.2) is 25.8 Å². The molecule has 0 saturated carbocycles. The van der Waals surface area contributed by atoms with Crippen molar-refractivity contribution in [3.63, 3.8) is 0 Å². The summed E-state index contributed by atoms with van der Waals surface area (Å²) in [5.74, 6) is -0.819. The zero-order valence-electron chi connectivity index (χ0n) is 13.4. The van der Waals surface area contributed by atoms with Crippen LogP contribution in [0.25, 0.3) is 27.5 Å². The van der Waals surface area contributed by atoms with Gasteiger partial charge in [-0.1, -0.05) is 35.9 Å². The molecule has 0 saturated heterocycles. The lowest BCUT2D eigenvalue weighted by Crippen LogP contribution is -2.09. The van der Waals surface area contributed by atoms with E-state index in [1.807, 2.05) is 18.2 Å². The molecule has 0 aliphatic heterocycles. The molecule has 0 aliphatic rings. The first-order valence-corrected chi connectivity index (χ1v) is 8.13. The standard InChI is InChI=1S/C18H13ClN4O3/c19-11-6-5-9(8-14(24)25)7-13(11)23-17(20)15-16(22-23)10-3-1-2-4-12(10)21-18(15)26/h1-7H,8,20H2,(H,21,26)(H,24,25). The smallest absolute Gasteiger partial charge is 0.307 e. The minimum Gasteiger partial charge on any atom is -0.481 e. The van der Waals surface area contributed by atoms with Crippen molar-refractivity contribution in [3.8, 4) is 5.69 Å². The highest BCUT2D eigenvalue weighted by molar-refractivity contribution is 6.32. The molecule has 0 unspecified atom stereocenters. The Morgan fingerprint density at radius 3 is 2.81 bits per heavy atom. The number of benzene rings is 2. The Bertz CT molecular complexity index is 1240. The predicted molar refractivity (Wildman–Crippen MR) is 100.0 cm³/mol. The molecule has 2 aromatic carbocycles. The van der Waals surface area contributed by atoms with Gasteiger partial charge < -0.3 is 15.8 Å². The van der Waals surface area contributed by atoms with Gasteiger partial charge in [0.1, 0.15) is 16.7 Å². The second-order valence-electron chi connectivity index (χ2n) is 5.88. The van der Waals surface area contributed by atoms with Gasteiger partial charge in [0.15, 0.2) is 0 Å². The Morgan fingerprint density at radius 1 is 1.27 bits per heavy atom. The number of carboxylic acids is 1. The molecule has 0 amide bonds. The number of rotatable bonds is 3. The fraction of sp³-hybridized carbons (Fsp3) is 0.0556. The van der Waals surface area contributed by atoms with E-state index in [0.29, 0.717) is 27.3 Å². The summed E-state index contributed by atoms with van der Waals surface area (Å²) in [5, 5.41) is 14.9. The third-order valence-corrected chi connectivity index (χ3v) is 4.49. The van der Waals surface area contributed by atoms with Crippen LogP contribution in [0.4, 0.5) is 5.82 Å². The summed E-state index contributed by atoms with van der Waals surface area (Å²) in [6.45, 7) is 0. The number of nitrogens with two attached hydrogens (primary N) is 1. The van der Waals surface area contributed by atoms with Crippen molar-refractivity contribution in [3.05, 3.63) is 63.4 Å². The maximum Gasteiger partial charge on any atom is 0.307 e. The van der Waals surface area contributed by atoms with Gasteiger partial charge in [-0.25, -0.2) is 4.68 Å². The van der Waals surface area contributed by atoms with Crippen LogP contribution in [0.3, 0.4) is 0 Å². The number of para-hydroxylation sites is 1. The second kappa shape index (κ2) is 5.89. The van der Waals surface area contributed by atoms with E-state index in [4.69, 9.17) is 22.4 Å². The number of hydrogen-bond donors (Lipinski definition) is 3. The highest BCUT2D eigenvalue weighted by atomic mass is 35.5. The van der Waals surface area contributed by atoms with E-state index in [1.54, 1.807) is 24.3 Å². The maximum absolute atomic E-state index is 12.5. The lowest BCUT2D eigenvalue weighted by molar-refractivity contribution is -0.136. The first kappa shape index (κ1) is 16.2. The number of nitrogens with zero attached hydrogens (tertiary/aromatic N) is 2. The van der Waals surface area contributed by atoms with E-state index >= 15 is 0 Å². The molecular weight excluding hydrogens is 356 g/mol. The first-order valence-electron chi connectivity index (χ1n) is 7.75. The average Bonchev–Trinajstić information content (AvgIpc) is 2.94. The molecule has 0 spiro atoms. The van der Waals surface area contributed by atoms with Gasteiger partial charge >= 0.3 is 5.97 Å². The maximum atomic E-state index is 12.5.